The molecule has 0 aliphatic carbocycles. The maximum Gasteiger partial charge on any atom is 0.407 e. The van der Waals surface area contributed by atoms with E-state index in [2.05, 4.69) is 4.98 Å². The highest BCUT2D eigenvalue weighted by atomic mass is 32.1. The van der Waals surface area contributed by atoms with E-state index in [4.69, 9.17) is 5.11 Å². The second kappa shape index (κ2) is 3.81. The van der Waals surface area contributed by atoms with Crippen molar-refractivity contribution in [2.75, 3.05) is 6.54 Å². The Morgan fingerprint density at radius 2 is 2.33 bits per heavy atom. The van der Waals surface area contributed by atoms with Crippen LogP contribution in [-0.4, -0.2) is 27.6 Å². The lowest BCUT2D eigenvalue weighted by atomic mass is 10.2. The van der Waals surface area contributed by atoms with Crippen molar-refractivity contribution in [3.63, 3.8) is 0 Å². The molecule has 0 aromatic carbocycles. The number of thiazole rings is 1. The summed E-state index contributed by atoms with van der Waals surface area (Å²) in [6.45, 7) is 4.63. The van der Waals surface area contributed by atoms with Crippen LogP contribution in [0.15, 0.2) is 0 Å². The van der Waals surface area contributed by atoms with E-state index in [0.29, 0.717) is 6.54 Å². The summed E-state index contributed by atoms with van der Waals surface area (Å²) in [5, 5.41) is 9.97. The smallest absolute Gasteiger partial charge is 0.407 e. The third kappa shape index (κ3) is 1.84. The molecule has 0 saturated carbocycles. The summed E-state index contributed by atoms with van der Waals surface area (Å²) in [6, 6.07) is -0.0140. The first-order valence-electron chi connectivity index (χ1n) is 5.03. The van der Waals surface area contributed by atoms with E-state index in [1.165, 1.54) is 9.78 Å². The van der Waals surface area contributed by atoms with Gasteiger partial charge in [0.25, 0.3) is 0 Å². The Bertz CT molecular complexity index is 369. The van der Waals surface area contributed by atoms with E-state index in [-0.39, 0.29) is 6.04 Å². The summed E-state index contributed by atoms with van der Waals surface area (Å²) < 4.78 is 0. The first-order valence-corrected chi connectivity index (χ1v) is 5.84. The molecular formula is C10H14N2O2S. The molecule has 1 saturated heterocycles. The Hall–Kier alpha value is -1.10. The molecule has 1 aromatic rings. The number of nitrogens with zero attached hydrogens (tertiary/aromatic N) is 2. The van der Waals surface area contributed by atoms with E-state index in [1.54, 1.807) is 11.3 Å². The van der Waals surface area contributed by atoms with Crippen molar-refractivity contribution < 1.29 is 9.90 Å². The number of aromatic nitrogens is 1. The molecule has 1 aliphatic rings. The standard InChI is InChI=1S/C10H14N2O2S/c1-6-7(2)15-9(11-6)8-4-3-5-12(8)10(13)14/h8H,3-5H2,1-2H3,(H,13,14). The molecule has 1 fully saturated rings. The zero-order valence-corrected chi connectivity index (χ0v) is 9.67. The topological polar surface area (TPSA) is 53.4 Å². The van der Waals surface area contributed by atoms with Crippen LogP contribution in [0.1, 0.15) is 34.5 Å². The van der Waals surface area contributed by atoms with Crippen LogP contribution >= 0.6 is 11.3 Å². The van der Waals surface area contributed by atoms with Crippen molar-refractivity contribution >= 4 is 17.4 Å². The number of likely N-dealkylation sites (tertiary alicyclic amines) is 1. The molecule has 2 rings (SSSR count). The zero-order valence-electron chi connectivity index (χ0n) is 8.86. The van der Waals surface area contributed by atoms with Gasteiger partial charge in [-0.25, -0.2) is 9.78 Å². The first-order chi connectivity index (χ1) is 7.09. The number of rotatable bonds is 1. The quantitative estimate of drug-likeness (QED) is 0.800. The summed E-state index contributed by atoms with van der Waals surface area (Å²) in [7, 11) is 0. The molecule has 1 atom stereocenters. The Labute approximate surface area is 92.6 Å². The van der Waals surface area contributed by atoms with Crippen molar-refractivity contribution in [3.8, 4) is 0 Å². The van der Waals surface area contributed by atoms with Gasteiger partial charge in [-0.15, -0.1) is 11.3 Å². The van der Waals surface area contributed by atoms with Gasteiger partial charge < -0.3 is 5.11 Å². The Morgan fingerprint density at radius 3 is 2.87 bits per heavy atom. The molecule has 1 aromatic heterocycles. The molecule has 1 amide bonds. The van der Waals surface area contributed by atoms with Crippen LogP contribution in [0.3, 0.4) is 0 Å². The number of amides is 1. The van der Waals surface area contributed by atoms with Gasteiger partial charge in [-0.3, -0.25) is 4.90 Å². The van der Waals surface area contributed by atoms with Gasteiger partial charge in [-0.05, 0) is 26.7 Å². The predicted molar refractivity (Wildman–Crippen MR) is 58.3 cm³/mol. The largest absolute Gasteiger partial charge is 0.465 e. The maximum absolute atomic E-state index is 11.0. The van der Waals surface area contributed by atoms with E-state index in [9.17, 15) is 4.79 Å². The van der Waals surface area contributed by atoms with Crippen molar-refractivity contribution in [1.29, 1.82) is 0 Å². The summed E-state index contributed by atoms with van der Waals surface area (Å²) in [5.41, 5.74) is 1.02. The molecule has 2 heterocycles. The molecule has 0 bridgehead atoms. The van der Waals surface area contributed by atoms with Crippen molar-refractivity contribution in [3.05, 3.63) is 15.6 Å². The van der Waals surface area contributed by atoms with Gasteiger partial charge in [0.2, 0.25) is 0 Å². The lowest BCUT2D eigenvalue weighted by Crippen LogP contribution is -2.28. The van der Waals surface area contributed by atoms with Crippen LogP contribution in [0, 0.1) is 13.8 Å². The third-order valence-corrected chi connectivity index (χ3v) is 4.00. The molecule has 4 nitrogen and oxygen atoms in total. The normalized spacial score (nSPS) is 20.9. The van der Waals surface area contributed by atoms with Crippen LogP contribution < -0.4 is 0 Å². The fraction of sp³-hybridized carbons (Fsp3) is 0.600. The van der Waals surface area contributed by atoms with Gasteiger partial charge in [0.15, 0.2) is 0 Å². The van der Waals surface area contributed by atoms with Crippen LogP contribution in [0.4, 0.5) is 4.79 Å². The highest BCUT2D eigenvalue weighted by Crippen LogP contribution is 2.34. The molecule has 1 N–H and O–H groups in total. The molecule has 0 radical (unpaired) electrons. The van der Waals surface area contributed by atoms with Crippen LogP contribution in [-0.2, 0) is 0 Å². The summed E-state index contributed by atoms with van der Waals surface area (Å²) in [5.74, 6) is 0. The molecule has 82 valence electrons. The van der Waals surface area contributed by atoms with E-state index in [1.807, 2.05) is 13.8 Å². The van der Waals surface area contributed by atoms with Gasteiger partial charge >= 0.3 is 6.09 Å². The van der Waals surface area contributed by atoms with Gasteiger partial charge in [-0.2, -0.15) is 0 Å². The number of hydrogen-bond acceptors (Lipinski definition) is 3. The number of aryl methyl sites for hydroxylation is 2. The fourth-order valence-corrected chi connectivity index (χ4v) is 2.96. The van der Waals surface area contributed by atoms with Crippen LogP contribution in [0.2, 0.25) is 0 Å². The maximum atomic E-state index is 11.0. The Morgan fingerprint density at radius 1 is 1.60 bits per heavy atom. The molecule has 1 unspecified atom stereocenters. The first kappa shape index (κ1) is 10.4. The van der Waals surface area contributed by atoms with E-state index >= 15 is 0 Å². The summed E-state index contributed by atoms with van der Waals surface area (Å²) >= 11 is 1.62. The van der Waals surface area contributed by atoms with Gasteiger partial charge in [0.05, 0.1) is 11.7 Å². The molecule has 15 heavy (non-hydrogen) atoms. The molecule has 0 spiro atoms. The number of carboxylic acid groups (broad SMARTS) is 1. The van der Waals surface area contributed by atoms with Gasteiger partial charge in [0.1, 0.15) is 5.01 Å². The molecule has 1 aliphatic heterocycles. The minimum atomic E-state index is -0.831. The summed E-state index contributed by atoms with van der Waals surface area (Å²) in [4.78, 5) is 18.1. The zero-order chi connectivity index (χ0) is 11.0. The average molecular weight is 226 g/mol. The Kier molecular flexibility index (Phi) is 2.65. The van der Waals surface area contributed by atoms with Crippen molar-refractivity contribution in [2.24, 2.45) is 0 Å². The summed E-state index contributed by atoms with van der Waals surface area (Å²) in [6.07, 6.45) is 1.01. The second-order valence-corrected chi connectivity index (χ2v) is 5.06. The highest BCUT2D eigenvalue weighted by molar-refractivity contribution is 7.11. The van der Waals surface area contributed by atoms with Crippen molar-refractivity contribution in [1.82, 2.24) is 9.88 Å². The van der Waals surface area contributed by atoms with E-state index < -0.39 is 6.09 Å². The van der Waals surface area contributed by atoms with E-state index in [0.717, 1.165) is 23.5 Å². The Balaban J connectivity index is 2.26. The van der Waals surface area contributed by atoms with Crippen LogP contribution in [0.5, 0.6) is 0 Å². The minimum Gasteiger partial charge on any atom is -0.465 e. The van der Waals surface area contributed by atoms with Crippen molar-refractivity contribution in [2.45, 2.75) is 32.7 Å². The van der Waals surface area contributed by atoms with Crippen LogP contribution in [0.25, 0.3) is 0 Å². The molecule has 5 heteroatoms. The monoisotopic (exact) mass is 226 g/mol. The average Bonchev–Trinajstić information content (AvgIpc) is 2.73. The fourth-order valence-electron chi connectivity index (χ4n) is 1.89. The number of carbonyl (C=O) groups is 1. The second-order valence-electron chi connectivity index (χ2n) is 3.83. The highest BCUT2D eigenvalue weighted by Gasteiger charge is 2.31. The lowest BCUT2D eigenvalue weighted by Gasteiger charge is -2.18. The predicted octanol–water partition coefficient (Wildman–Crippen LogP) is 2.57. The number of hydrogen-bond donors (Lipinski definition) is 1. The minimum absolute atomic E-state index is 0.0140. The van der Waals surface area contributed by atoms with Gasteiger partial charge in [-0.1, -0.05) is 0 Å². The third-order valence-electron chi connectivity index (χ3n) is 2.83. The molecular weight excluding hydrogens is 212 g/mol. The SMILES string of the molecule is Cc1nc(C2CCCN2C(=O)O)sc1C. The lowest BCUT2D eigenvalue weighted by molar-refractivity contribution is 0.140. The van der Waals surface area contributed by atoms with Gasteiger partial charge in [0, 0.05) is 11.4 Å².